The summed E-state index contributed by atoms with van der Waals surface area (Å²) in [4.78, 5) is 11.4. The van der Waals surface area contributed by atoms with E-state index in [0.717, 1.165) is 25.4 Å². The maximum atomic E-state index is 11.4. The van der Waals surface area contributed by atoms with Crippen molar-refractivity contribution in [2.45, 2.75) is 51.9 Å². The lowest BCUT2D eigenvalue weighted by Crippen LogP contribution is -2.28. The molecule has 0 spiro atoms. The monoisotopic (exact) mass is 226 g/mol. The van der Waals surface area contributed by atoms with Crippen molar-refractivity contribution in [3.05, 3.63) is 0 Å². The number of carbonyl (C=O) groups excluding carboxylic acids is 1. The van der Waals surface area contributed by atoms with Crippen molar-refractivity contribution in [3.63, 3.8) is 0 Å². The third-order valence-corrected chi connectivity index (χ3v) is 3.74. The Morgan fingerprint density at radius 3 is 2.62 bits per heavy atom. The molecule has 1 aliphatic carbocycles. The molecule has 0 saturated heterocycles. The zero-order chi connectivity index (χ0) is 11.8. The van der Waals surface area contributed by atoms with Crippen LogP contribution in [0.5, 0.6) is 0 Å². The zero-order valence-electron chi connectivity index (χ0n) is 10.5. The molecule has 16 heavy (non-hydrogen) atoms. The Kier molecular flexibility index (Phi) is 6.46. The minimum atomic E-state index is 0.178. The van der Waals surface area contributed by atoms with Crippen molar-refractivity contribution in [1.29, 1.82) is 0 Å². The maximum absolute atomic E-state index is 11.4. The molecule has 3 nitrogen and oxygen atoms in total. The van der Waals surface area contributed by atoms with Crippen LogP contribution in [0.15, 0.2) is 0 Å². The fourth-order valence-corrected chi connectivity index (χ4v) is 2.75. The second-order valence-corrected chi connectivity index (χ2v) is 4.89. The van der Waals surface area contributed by atoms with E-state index in [9.17, 15) is 4.79 Å². The van der Waals surface area contributed by atoms with Crippen LogP contribution in [0.4, 0.5) is 0 Å². The molecule has 0 bridgehead atoms. The summed E-state index contributed by atoms with van der Waals surface area (Å²) < 4.78 is 0. The van der Waals surface area contributed by atoms with E-state index >= 15 is 0 Å². The topological polar surface area (TPSA) is 55.1 Å². The van der Waals surface area contributed by atoms with E-state index in [1.54, 1.807) is 0 Å². The summed E-state index contributed by atoms with van der Waals surface area (Å²) >= 11 is 0. The van der Waals surface area contributed by atoms with E-state index in [0.29, 0.717) is 12.3 Å². The first-order valence-corrected chi connectivity index (χ1v) is 6.74. The number of carbonyl (C=O) groups is 1. The molecular formula is C13H26N2O. The standard InChI is InChI=1S/C13H26N2O/c1-2-15-13(16)9-8-12(10-14)11-6-4-3-5-7-11/h11-12H,2-10,14H2,1H3,(H,15,16). The maximum Gasteiger partial charge on any atom is 0.219 e. The van der Waals surface area contributed by atoms with E-state index in [2.05, 4.69) is 5.32 Å². The van der Waals surface area contributed by atoms with Crippen LogP contribution in [-0.2, 0) is 4.79 Å². The molecule has 1 atom stereocenters. The molecule has 0 aliphatic heterocycles. The van der Waals surface area contributed by atoms with Crippen LogP contribution in [0.25, 0.3) is 0 Å². The third kappa shape index (κ3) is 4.52. The molecule has 3 N–H and O–H groups in total. The lowest BCUT2D eigenvalue weighted by atomic mass is 9.78. The molecule has 1 amide bonds. The van der Waals surface area contributed by atoms with Gasteiger partial charge in [0.25, 0.3) is 0 Å². The van der Waals surface area contributed by atoms with Gasteiger partial charge in [-0.2, -0.15) is 0 Å². The third-order valence-electron chi connectivity index (χ3n) is 3.74. The molecule has 3 heteroatoms. The first-order valence-electron chi connectivity index (χ1n) is 6.74. The van der Waals surface area contributed by atoms with Gasteiger partial charge in [-0.15, -0.1) is 0 Å². The lowest BCUT2D eigenvalue weighted by molar-refractivity contribution is -0.121. The van der Waals surface area contributed by atoms with E-state index in [1.807, 2.05) is 6.92 Å². The van der Waals surface area contributed by atoms with Crippen LogP contribution in [-0.4, -0.2) is 19.0 Å². The van der Waals surface area contributed by atoms with Crippen LogP contribution in [0.3, 0.4) is 0 Å². The van der Waals surface area contributed by atoms with Gasteiger partial charge in [0.15, 0.2) is 0 Å². The van der Waals surface area contributed by atoms with Gasteiger partial charge in [-0.1, -0.05) is 32.1 Å². The molecule has 0 heterocycles. The Bertz CT molecular complexity index is 200. The highest BCUT2D eigenvalue weighted by molar-refractivity contribution is 5.75. The molecule has 0 aromatic heterocycles. The lowest BCUT2D eigenvalue weighted by Gasteiger charge is -2.29. The van der Waals surface area contributed by atoms with Crippen LogP contribution in [0.2, 0.25) is 0 Å². The molecule has 0 radical (unpaired) electrons. The van der Waals surface area contributed by atoms with Gasteiger partial charge < -0.3 is 11.1 Å². The van der Waals surface area contributed by atoms with Gasteiger partial charge in [-0.25, -0.2) is 0 Å². The summed E-state index contributed by atoms with van der Waals surface area (Å²) in [6.07, 6.45) is 8.32. The number of amides is 1. The van der Waals surface area contributed by atoms with Gasteiger partial charge in [-0.05, 0) is 31.7 Å². The van der Waals surface area contributed by atoms with Crippen molar-refractivity contribution in [3.8, 4) is 0 Å². The van der Waals surface area contributed by atoms with Crippen molar-refractivity contribution < 1.29 is 4.79 Å². The van der Waals surface area contributed by atoms with Crippen molar-refractivity contribution in [2.75, 3.05) is 13.1 Å². The van der Waals surface area contributed by atoms with Gasteiger partial charge >= 0.3 is 0 Å². The van der Waals surface area contributed by atoms with Gasteiger partial charge in [0.2, 0.25) is 5.91 Å². The highest BCUT2D eigenvalue weighted by Crippen LogP contribution is 2.31. The van der Waals surface area contributed by atoms with E-state index in [4.69, 9.17) is 5.73 Å². The fraction of sp³-hybridized carbons (Fsp3) is 0.923. The summed E-state index contributed by atoms with van der Waals surface area (Å²) in [6.45, 7) is 3.43. The quantitative estimate of drug-likeness (QED) is 0.728. The van der Waals surface area contributed by atoms with Gasteiger partial charge in [0.05, 0.1) is 0 Å². The Balaban J connectivity index is 2.27. The van der Waals surface area contributed by atoms with E-state index in [1.165, 1.54) is 32.1 Å². The van der Waals surface area contributed by atoms with Crippen LogP contribution >= 0.6 is 0 Å². The molecule has 1 unspecified atom stereocenters. The SMILES string of the molecule is CCNC(=O)CCC(CN)C1CCCCC1. The van der Waals surface area contributed by atoms with Crippen LogP contribution in [0.1, 0.15) is 51.9 Å². The zero-order valence-corrected chi connectivity index (χ0v) is 10.5. The number of nitrogens with two attached hydrogens (primary N) is 1. The summed E-state index contributed by atoms with van der Waals surface area (Å²) in [6, 6.07) is 0. The van der Waals surface area contributed by atoms with E-state index in [-0.39, 0.29) is 5.91 Å². The van der Waals surface area contributed by atoms with Gasteiger partial charge in [-0.3, -0.25) is 4.79 Å². The Morgan fingerprint density at radius 2 is 2.06 bits per heavy atom. The first kappa shape index (κ1) is 13.5. The summed E-state index contributed by atoms with van der Waals surface area (Å²) in [5.74, 6) is 1.51. The summed E-state index contributed by atoms with van der Waals surface area (Å²) in [5, 5.41) is 2.85. The second kappa shape index (κ2) is 7.66. The molecule has 1 fully saturated rings. The minimum Gasteiger partial charge on any atom is -0.356 e. The van der Waals surface area contributed by atoms with Crippen molar-refractivity contribution >= 4 is 5.91 Å². The largest absolute Gasteiger partial charge is 0.356 e. The van der Waals surface area contributed by atoms with Crippen LogP contribution < -0.4 is 11.1 Å². The Morgan fingerprint density at radius 1 is 1.38 bits per heavy atom. The average Bonchev–Trinajstić information content (AvgIpc) is 2.31. The highest BCUT2D eigenvalue weighted by atomic mass is 16.1. The van der Waals surface area contributed by atoms with Gasteiger partial charge in [0, 0.05) is 13.0 Å². The van der Waals surface area contributed by atoms with Crippen LogP contribution in [0, 0.1) is 11.8 Å². The fourth-order valence-electron chi connectivity index (χ4n) is 2.75. The normalized spacial score (nSPS) is 19.4. The van der Waals surface area contributed by atoms with E-state index < -0.39 is 0 Å². The number of nitrogens with one attached hydrogen (secondary N) is 1. The number of hydrogen-bond acceptors (Lipinski definition) is 2. The predicted octanol–water partition coefficient (Wildman–Crippen LogP) is 2.06. The molecular weight excluding hydrogens is 200 g/mol. The molecule has 1 rings (SSSR count). The minimum absolute atomic E-state index is 0.178. The van der Waals surface area contributed by atoms with Crippen molar-refractivity contribution in [2.24, 2.45) is 17.6 Å². The molecule has 94 valence electrons. The number of rotatable bonds is 6. The first-order chi connectivity index (χ1) is 7.77. The summed E-state index contributed by atoms with van der Waals surface area (Å²) in [5.41, 5.74) is 5.83. The Hall–Kier alpha value is -0.570. The summed E-state index contributed by atoms with van der Waals surface area (Å²) in [7, 11) is 0. The predicted molar refractivity (Wildman–Crippen MR) is 67.0 cm³/mol. The average molecular weight is 226 g/mol. The molecule has 0 aromatic carbocycles. The Labute approximate surface area is 99.2 Å². The molecule has 1 aliphatic rings. The smallest absolute Gasteiger partial charge is 0.219 e. The van der Waals surface area contributed by atoms with Gasteiger partial charge in [0.1, 0.15) is 0 Å². The second-order valence-electron chi connectivity index (χ2n) is 4.89. The van der Waals surface area contributed by atoms with Crippen molar-refractivity contribution in [1.82, 2.24) is 5.32 Å². The number of hydrogen-bond donors (Lipinski definition) is 2. The molecule has 0 aromatic rings. The molecule has 1 saturated carbocycles. The highest BCUT2D eigenvalue weighted by Gasteiger charge is 2.22.